The van der Waals surface area contributed by atoms with E-state index in [2.05, 4.69) is 24.2 Å². The summed E-state index contributed by atoms with van der Waals surface area (Å²) >= 11 is 0. The summed E-state index contributed by atoms with van der Waals surface area (Å²) in [6.07, 6.45) is 0. The van der Waals surface area contributed by atoms with Gasteiger partial charge in [-0.25, -0.2) is 0 Å². The molecule has 0 aliphatic heterocycles. The molecule has 0 heterocycles. The maximum absolute atomic E-state index is 5.26. The minimum atomic E-state index is 0.0835. The van der Waals surface area contributed by atoms with Crippen LogP contribution in [0, 0.1) is 6.92 Å². The summed E-state index contributed by atoms with van der Waals surface area (Å²) in [5.41, 5.74) is 13.0. The Kier molecular flexibility index (Phi) is 3.34. The average Bonchev–Trinajstić information content (AvgIpc) is 2.01. The van der Waals surface area contributed by atoms with Crippen LogP contribution in [0.2, 0.25) is 0 Å². The van der Waals surface area contributed by atoms with Gasteiger partial charge in [0.2, 0.25) is 5.96 Å². The molecule has 4 N–H and O–H groups in total. The van der Waals surface area contributed by atoms with Crippen molar-refractivity contribution in [2.45, 2.75) is 13.5 Å². The highest BCUT2D eigenvalue weighted by atomic mass is 15.5. The van der Waals surface area contributed by atoms with Crippen LogP contribution in [0.15, 0.2) is 29.4 Å². The van der Waals surface area contributed by atoms with Crippen molar-refractivity contribution in [3.05, 3.63) is 35.4 Å². The zero-order valence-corrected chi connectivity index (χ0v) is 8.57. The molecule has 0 radical (unpaired) electrons. The number of nitrogens with zero attached hydrogens (tertiary/aromatic N) is 2. The van der Waals surface area contributed by atoms with E-state index in [4.69, 9.17) is 11.5 Å². The molecule has 0 atom stereocenters. The molecule has 1 aromatic carbocycles. The van der Waals surface area contributed by atoms with Crippen LogP contribution in [0.5, 0.6) is 0 Å². The maximum Gasteiger partial charge on any atom is 0.208 e. The lowest BCUT2D eigenvalue weighted by atomic mass is 10.1. The van der Waals surface area contributed by atoms with Gasteiger partial charge in [-0.2, -0.15) is 0 Å². The number of benzene rings is 1. The number of hydrogen-bond donors (Lipinski definition) is 2. The van der Waals surface area contributed by atoms with Crippen LogP contribution >= 0.6 is 0 Å². The fourth-order valence-electron chi connectivity index (χ4n) is 1.31. The normalized spacial score (nSPS) is 9.57. The van der Waals surface area contributed by atoms with Crippen molar-refractivity contribution < 1.29 is 0 Å². The smallest absolute Gasteiger partial charge is 0.208 e. The van der Waals surface area contributed by atoms with Gasteiger partial charge in [0, 0.05) is 7.05 Å². The topological polar surface area (TPSA) is 67.6 Å². The molecule has 0 spiro atoms. The molecule has 0 amide bonds. The molecule has 0 saturated carbocycles. The van der Waals surface area contributed by atoms with Crippen molar-refractivity contribution in [3.63, 3.8) is 0 Å². The van der Waals surface area contributed by atoms with Crippen LogP contribution in [0.1, 0.15) is 11.1 Å². The van der Waals surface area contributed by atoms with E-state index in [9.17, 15) is 0 Å². The predicted octanol–water partition coefficient (Wildman–Crippen LogP) is 0.615. The van der Waals surface area contributed by atoms with Gasteiger partial charge < -0.3 is 11.5 Å². The number of guanidine groups is 1. The Labute approximate surface area is 84.2 Å². The molecule has 1 aromatic rings. The molecule has 0 aliphatic rings. The highest BCUT2D eigenvalue weighted by Crippen LogP contribution is 2.06. The van der Waals surface area contributed by atoms with E-state index >= 15 is 0 Å². The Hall–Kier alpha value is -1.71. The Balaban J connectivity index is 2.65. The van der Waals surface area contributed by atoms with Gasteiger partial charge >= 0.3 is 0 Å². The second-order valence-electron chi connectivity index (χ2n) is 3.33. The monoisotopic (exact) mass is 192 g/mol. The summed E-state index contributed by atoms with van der Waals surface area (Å²) in [5, 5.41) is 5.62. The number of hydrazone groups is 1. The lowest BCUT2D eigenvalue weighted by Crippen LogP contribution is -2.27. The van der Waals surface area contributed by atoms with Crippen molar-refractivity contribution in [2.75, 3.05) is 7.05 Å². The van der Waals surface area contributed by atoms with Crippen LogP contribution in [-0.4, -0.2) is 18.0 Å². The van der Waals surface area contributed by atoms with E-state index < -0.39 is 0 Å². The van der Waals surface area contributed by atoms with Crippen molar-refractivity contribution in [1.29, 1.82) is 0 Å². The number of rotatable bonds is 3. The summed E-state index contributed by atoms with van der Waals surface area (Å²) in [6.45, 7) is 2.77. The predicted molar refractivity (Wildman–Crippen MR) is 58.5 cm³/mol. The first-order chi connectivity index (χ1) is 6.58. The van der Waals surface area contributed by atoms with Gasteiger partial charge in [0.1, 0.15) is 0 Å². The Morgan fingerprint density at radius 1 is 1.43 bits per heavy atom. The van der Waals surface area contributed by atoms with Gasteiger partial charge in [-0.1, -0.05) is 29.8 Å². The highest BCUT2D eigenvalue weighted by molar-refractivity contribution is 5.75. The third kappa shape index (κ3) is 3.35. The fraction of sp³-hybridized carbons (Fsp3) is 0.300. The molecule has 0 bridgehead atoms. The second-order valence-corrected chi connectivity index (χ2v) is 3.33. The molecule has 0 saturated heterocycles. The first-order valence-electron chi connectivity index (χ1n) is 4.44. The summed E-state index contributed by atoms with van der Waals surface area (Å²) in [4.78, 5) is 0. The average molecular weight is 192 g/mol. The quantitative estimate of drug-likeness (QED) is 0.419. The van der Waals surface area contributed by atoms with Gasteiger partial charge in [0.05, 0.1) is 6.54 Å². The third-order valence-corrected chi connectivity index (χ3v) is 1.78. The standard InChI is InChI=1S/C10H16N4/c1-8-4-3-5-9(6-8)7-14(2)13-10(11)12/h3-6H,7H2,1-2H3,(H4,11,12,13). The van der Waals surface area contributed by atoms with Crippen LogP contribution < -0.4 is 11.5 Å². The highest BCUT2D eigenvalue weighted by Gasteiger charge is 1.97. The molecule has 0 fully saturated rings. The molecular weight excluding hydrogens is 176 g/mol. The van der Waals surface area contributed by atoms with E-state index in [1.807, 2.05) is 19.2 Å². The van der Waals surface area contributed by atoms with E-state index in [0.29, 0.717) is 6.54 Å². The van der Waals surface area contributed by atoms with E-state index in [1.54, 1.807) is 5.01 Å². The van der Waals surface area contributed by atoms with Gasteiger partial charge in [0.25, 0.3) is 0 Å². The molecule has 0 aliphatic carbocycles. The van der Waals surface area contributed by atoms with Crippen LogP contribution in [-0.2, 0) is 6.54 Å². The fourth-order valence-corrected chi connectivity index (χ4v) is 1.31. The largest absolute Gasteiger partial charge is 0.369 e. The lowest BCUT2D eigenvalue weighted by molar-refractivity contribution is 0.346. The van der Waals surface area contributed by atoms with E-state index in [1.165, 1.54) is 11.1 Å². The first kappa shape index (κ1) is 10.4. The summed E-state index contributed by atoms with van der Waals surface area (Å²) in [5.74, 6) is 0.0835. The first-order valence-corrected chi connectivity index (χ1v) is 4.44. The molecule has 76 valence electrons. The molecular formula is C10H16N4. The van der Waals surface area contributed by atoms with Gasteiger partial charge in [-0.05, 0) is 12.5 Å². The molecule has 0 aromatic heterocycles. The van der Waals surface area contributed by atoms with Crippen LogP contribution in [0.25, 0.3) is 0 Å². The molecule has 4 nitrogen and oxygen atoms in total. The Bertz CT molecular complexity index is 329. The second kappa shape index (κ2) is 4.50. The van der Waals surface area contributed by atoms with E-state index in [0.717, 1.165) is 0 Å². The molecule has 4 heteroatoms. The van der Waals surface area contributed by atoms with Crippen LogP contribution in [0.4, 0.5) is 0 Å². The summed E-state index contributed by atoms with van der Waals surface area (Å²) in [7, 11) is 1.84. The molecule has 0 unspecified atom stereocenters. The van der Waals surface area contributed by atoms with Gasteiger partial charge in [0.15, 0.2) is 0 Å². The van der Waals surface area contributed by atoms with Crippen molar-refractivity contribution in [2.24, 2.45) is 16.6 Å². The number of nitrogens with two attached hydrogens (primary N) is 2. The lowest BCUT2D eigenvalue weighted by Gasteiger charge is -2.13. The van der Waals surface area contributed by atoms with Gasteiger partial charge in [-0.15, -0.1) is 5.10 Å². The van der Waals surface area contributed by atoms with Crippen molar-refractivity contribution in [3.8, 4) is 0 Å². The number of aryl methyl sites for hydroxylation is 1. The Morgan fingerprint density at radius 2 is 2.14 bits per heavy atom. The molecule has 14 heavy (non-hydrogen) atoms. The third-order valence-electron chi connectivity index (χ3n) is 1.78. The summed E-state index contributed by atoms with van der Waals surface area (Å²) in [6, 6.07) is 8.24. The summed E-state index contributed by atoms with van der Waals surface area (Å²) < 4.78 is 0. The minimum absolute atomic E-state index is 0.0835. The van der Waals surface area contributed by atoms with Gasteiger partial charge in [-0.3, -0.25) is 5.01 Å². The zero-order valence-electron chi connectivity index (χ0n) is 8.57. The number of hydrogen-bond acceptors (Lipinski definition) is 2. The minimum Gasteiger partial charge on any atom is -0.369 e. The molecule has 1 rings (SSSR count). The van der Waals surface area contributed by atoms with Crippen LogP contribution in [0.3, 0.4) is 0 Å². The maximum atomic E-state index is 5.26. The zero-order chi connectivity index (χ0) is 10.6. The van der Waals surface area contributed by atoms with E-state index in [-0.39, 0.29) is 5.96 Å². The van der Waals surface area contributed by atoms with Crippen molar-refractivity contribution in [1.82, 2.24) is 5.01 Å². The SMILES string of the molecule is Cc1cccc(CN(C)N=C(N)N)c1. The van der Waals surface area contributed by atoms with Crippen molar-refractivity contribution >= 4 is 5.96 Å². The Morgan fingerprint density at radius 3 is 2.71 bits per heavy atom.